The Morgan fingerprint density at radius 1 is 1.06 bits per heavy atom. The quantitative estimate of drug-likeness (QED) is 0.317. The minimum atomic E-state index is -0.548. The number of aryl methyl sites for hydroxylation is 2. The second-order valence-electron chi connectivity index (χ2n) is 8.06. The van der Waals surface area contributed by atoms with Crippen LogP contribution in [0.1, 0.15) is 16.7 Å². The number of rotatable bonds is 5. The molecule has 7 heteroatoms. The number of amides is 2. The molecule has 1 atom stereocenters. The summed E-state index contributed by atoms with van der Waals surface area (Å²) in [5.41, 5.74) is 4.31. The molecule has 1 fully saturated rings. The molecule has 1 aliphatic heterocycles. The maximum absolute atomic E-state index is 13.6. The minimum absolute atomic E-state index is 0.0893. The largest absolute Gasteiger partial charge is 0.321 e. The van der Waals surface area contributed by atoms with Gasteiger partial charge in [-0.3, -0.25) is 14.5 Å². The zero-order valence-electron chi connectivity index (χ0n) is 18.7. The Labute approximate surface area is 211 Å². The van der Waals surface area contributed by atoms with Crippen LogP contribution in [0.4, 0.5) is 11.4 Å². The predicted molar refractivity (Wildman–Crippen MR) is 140 cm³/mol. The number of nitrogens with one attached hydrogen (secondary N) is 1. The van der Waals surface area contributed by atoms with E-state index in [4.69, 9.17) is 0 Å². The summed E-state index contributed by atoms with van der Waals surface area (Å²) >= 11 is 4.64. The molecule has 1 N–H and O–H groups in total. The maximum atomic E-state index is 13.6. The van der Waals surface area contributed by atoms with Crippen LogP contribution >= 0.6 is 27.7 Å². The zero-order valence-corrected chi connectivity index (χ0v) is 21.1. The van der Waals surface area contributed by atoms with Gasteiger partial charge in [0, 0.05) is 15.8 Å². The van der Waals surface area contributed by atoms with E-state index < -0.39 is 11.2 Å². The summed E-state index contributed by atoms with van der Waals surface area (Å²) in [4.78, 5) is 28.2. The van der Waals surface area contributed by atoms with Crippen molar-refractivity contribution in [3.63, 3.8) is 0 Å². The monoisotopic (exact) mass is 531 g/mol. The van der Waals surface area contributed by atoms with Gasteiger partial charge in [0.2, 0.25) is 5.91 Å². The van der Waals surface area contributed by atoms with E-state index in [1.807, 2.05) is 62.4 Å². The molecule has 0 aliphatic carbocycles. The van der Waals surface area contributed by atoms with Gasteiger partial charge in [-0.1, -0.05) is 75.2 Å². The zero-order chi connectivity index (χ0) is 24.2. The van der Waals surface area contributed by atoms with Gasteiger partial charge in [-0.2, -0.15) is 5.26 Å². The van der Waals surface area contributed by atoms with E-state index in [1.54, 1.807) is 24.3 Å². The third-order valence-electron chi connectivity index (χ3n) is 5.40. The van der Waals surface area contributed by atoms with Crippen LogP contribution in [0.2, 0.25) is 0 Å². The fraction of sp³-hybridized carbons (Fsp3) is 0.148. The highest BCUT2D eigenvalue weighted by atomic mass is 79.9. The number of thioether (sulfide) groups is 1. The van der Waals surface area contributed by atoms with Gasteiger partial charge in [-0.05, 0) is 62.2 Å². The Hall–Kier alpha value is -3.34. The summed E-state index contributed by atoms with van der Waals surface area (Å²) in [7, 11) is 0. The molecule has 1 heterocycles. The number of benzene rings is 3. The van der Waals surface area contributed by atoms with Crippen molar-refractivity contribution in [2.45, 2.75) is 25.5 Å². The van der Waals surface area contributed by atoms with Crippen LogP contribution in [0.5, 0.6) is 0 Å². The molecule has 1 aliphatic rings. The summed E-state index contributed by atoms with van der Waals surface area (Å²) in [5.74, 6) is -0.692. The summed E-state index contributed by atoms with van der Waals surface area (Å²) in [6, 6.07) is 24.7. The van der Waals surface area contributed by atoms with Gasteiger partial charge in [0.05, 0.1) is 5.25 Å². The van der Waals surface area contributed by atoms with E-state index in [2.05, 4.69) is 27.3 Å². The van der Waals surface area contributed by atoms with E-state index in [0.29, 0.717) is 22.8 Å². The van der Waals surface area contributed by atoms with Crippen molar-refractivity contribution in [3.05, 3.63) is 105 Å². The molecule has 34 heavy (non-hydrogen) atoms. The Kier molecular flexibility index (Phi) is 7.20. The number of carbonyl (C=O) groups excluding carboxylic acids is 2. The lowest BCUT2D eigenvalue weighted by Gasteiger charge is -2.19. The molecule has 1 unspecified atom stereocenters. The van der Waals surface area contributed by atoms with Gasteiger partial charge in [0.1, 0.15) is 16.7 Å². The van der Waals surface area contributed by atoms with Crippen LogP contribution < -0.4 is 10.2 Å². The van der Waals surface area contributed by atoms with Gasteiger partial charge in [-0.15, -0.1) is 0 Å². The second kappa shape index (κ2) is 10.3. The molecule has 3 aromatic rings. The first kappa shape index (κ1) is 23.8. The molecule has 0 saturated carbocycles. The summed E-state index contributed by atoms with van der Waals surface area (Å²) in [5, 5.41) is 12.6. The van der Waals surface area contributed by atoms with E-state index in [9.17, 15) is 14.9 Å². The van der Waals surface area contributed by atoms with Crippen LogP contribution in [0, 0.1) is 25.2 Å². The molecule has 4 rings (SSSR count). The molecule has 0 bridgehead atoms. The predicted octanol–water partition coefficient (Wildman–Crippen LogP) is 6.13. The molecule has 170 valence electrons. The number of nitriles is 1. The van der Waals surface area contributed by atoms with Crippen molar-refractivity contribution >= 4 is 50.9 Å². The smallest absolute Gasteiger partial charge is 0.269 e. The molecular formula is C27H22BrN3O2S. The van der Waals surface area contributed by atoms with Crippen molar-refractivity contribution in [2.75, 3.05) is 10.2 Å². The number of halogens is 1. The van der Waals surface area contributed by atoms with E-state index in [1.165, 1.54) is 16.7 Å². The number of anilines is 2. The molecular weight excluding hydrogens is 510 g/mol. The van der Waals surface area contributed by atoms with E-state index in [-0.39, 0.29) is 11.5 Å². The molecule has 5 nitrogen and oxygen atoms in total. The van der Waals surface area contributed by atoms with Crippen LogP contribution in [-0.4, -0.2) is 17.1 Å². The SMILES string of the molecule is Cc1ccc(N2C(=O)C(Cc3cccc(C)c3)S/C2=C(/C#N)C(=O)Nc2ccc(Br)cc2)cc1. The van der Waals surface area contributed by atoms with Gasteiger partial charge in [0.25, 0.3) is 5.91 Å². The number of hydrogen-bond acceptors (Lipinski definition) is 4. The summed E-state index contributed by atoms with van der Waals surface area (Å²) in [6.45, 7) is 3.98. The summed E-state index contributed by atoms with van der Waals surface area (Å²) < 4.78 is 0.880. The van der Waals surface area contributed by atoms with Crippen molar-refractivity contribution in [2.24, 2.45) is 0 Å². The number of hydrogen-bond donors (Lipinski definition) is 1. The Morgan fingerprint density at radius 3 is 2.41 bits per heavy atom. The lowest BCUT2D eigenvalue weighted by atomic mass is 10.1. The van der Waals surface area contributed by atoms with E-state index in [0.717, 1.165) is 21.2 Å². The van der Waals surface area contributed by atoms with Crippen molar-refractivity contribution in [3.8, 4) is 6.07 Å². The molecule has 1 saturated heterocycles. The lowest BCUT2D eigenvalue weighted by Crippen LogP contribution is -2.30. The van der Waals surface area contributed by atoms with Crippen molar-refractivity contribution in [1.82, 2.24) is 0 Å². The topological polar surface area (TPSA) is 73.2 Å². The highest BCUT2D eigenvalue weighted by Crippen LogP contribution is 2.42. The fourth-order valence-corrected chi connectivity index (χ4v) is 5.27. The average molecular weight is 532 g/mol. The Bertz CT molecular complexity index is 1310. The van der Waals surface area contributed by atoms with Gasteiger partial charge in [0.15, 0.2) is 0 Å². The first-order valence-corrected chi connectivity index (χ1v) is 12.4. The minimum Gasteiger partial charge on any atom is -0.321 e. The molecule has 0 aromatic heterocycles. The first-order valence-electron chi connectivity index (χ1n) is 10.7. The third-order valence-corrected chi connectivity index (χ3v) is 7.19. The van der Waals surface area contributed by atoms with Crippen molar-refractivity contribution in [1.29, 1.82) is 5.26 Å². The van der Waals surface area contributed by atoms with E-state index >= 15 is 0 Å². The Morgan fingerprint density at radius 2 is 1.76 bits per heavy atom. The third kappa shape index (κ3) is 5.24. The van der Waals surface area contributed by atoms with Crippen molar-refractivity contribution < 1.29 is 9.59 Å². The average Bonchev–Trinajstić information content (AvgIpc) is 3.12. The van der Waals surface area contributed by atoms with Gasteiger partial charge in [-0.25, -0.2) is 0 Å². The van der Waals surface area contributed by atoms with Crippen LogP contribution in [-0.2, 0) is 16.0 Å². The van der Waals surface area contributed by atoms with Crippen LogP contribution in [0.3, 0.4) is 0 Å². The molecule has 0 spiro atoms. The summed E-state index contributed by atoms with van der Waals surface area (Å²) in [6.07, 6.45) is 0.504. The lowest BCUT2D eigenvalue weighted by molar-refractivity contribution is -0.117. The number of carbonyl (C=O) groups is 2. The molecule has 0 radical (unpaired) electrons. The second-order valence-corrected chi connectivity index (χ2v) is 10.2. The fourth-order valence-electron chi connectivity index (χ4n) is 3.70. The number of nitrogens with zero attached hydrogens (tertiary/aromatic N) is 2. The van der Waals surface area contributed by atoms with Gasteiger partial charge < -0.3 is 5.32 Å². The first-order chi connectivity index (χ1) is 16.4. The van der Waals surface area contributed by atoms with Crippen LogP contribution in [0.25, 0.3) is 0 Å². The Balaban J connectivity index is 1.72. The highest BCUT2D eigenvalue weighted by molar-refractivity contribution is 9.10. The standard InChI is InChI=1S/C27H22BrN3O2S/c1-17-6-12-22(13-7-17)31-26(33)24(15-19-5-3-4-18(2)14-19)34-27(31)23(16-29)25(32)30-21-10-8-20(28)9-11-21/h3-14,24H,15H2,1-2H3,(H,30,32)/b27-23-. The normalized spacial score (nSPS) is 16.8. The van der Waals surface area contributed by atoms with Crippen LogP contribution in [0.15, 0.2) is 87.9 Å². The maximum Gasteiger partial charge on any atom is 0.269 e. The molecule has 3 aromatic carbocycles. The van der Waals surface area contributed by atoms with Gasteiger partial charge >= 0.3 is 0 Å². The highest BCUT2D eigenvalue weighted by Gasteiger charge is 2.40. The molecule has 2 amide bonds.